The van der Waals surface area contributed by atoms with Crippen LogP contribution in [0.1, 0.15) is 5.69 Å². The normalized spacial score (nSPS) is 11.3. The summed E-state index contributed by atoms with van der Waals surface area (Å²) in [4.78, 5) is 9.36. The number of benzene rings is 2. The summed E-state index contributed by atoms with van der Waals surface area (Å²) < 4.78 is 5.69. The largest absolute Gasteiger partial charge is 0.462 e. The van der Waals surface area contributed by atoms with Crippen LogP contribution in [0.4, 0.5) is 0 Å². The van der Waals surface area contributed by atoms with Crippen molar-refractivity contribution in [1.82, 2.24) is 9.97 Å². The van der Waals surface area contributed by atoms with Crippen LogP contribution in [-0.2, 0) is 0 Å². The molecule has 0 aliphatic heterocycles. The number of aryl methyl sites for hydroxylation is 1. The minimum Gasteiger partial charge on any atom is -0.462 e. The summed E-state index contributed by atoms with van der Waals surface area (Å²) in [6.07, 6.45) is 3.58. The number of nitrogens with zero attached hydrogens (tertiary/aromatic N) is 2. The maximum Gasteiger partial charge on any atom is 0.160 e. The molecule has 3 aromatic heterocycles. The second-order valence-corrected chi connectivity index (χ2v) is 6.41. The quantitative estimate of drug-likeness (QED) is 0.396. The van der Waals surface area contributed by atoms with Gasteiger partial charge in [-0.05, 0) is 48.4 Å². The zero-order valence-electron chi connectivity index (χ0n) is 14.3. The summed E-state index contributed by atoms with van der Waals surface area (Å²) in [5.41, 5.74) is 7.01. The Morgan fingerprint density at radius 1 is 0.846 bits per heavy atom. The molecule has 0 fully saturated rings. The van der Waals surface area contributed by atoms with Crippen molar-refractivity contribution < 1.29 is 4.42 Å². The van der Waals surface area contributed by atoms with Crippen LogP contribution in [0.3, 0.4) is 0 Å². The van der Waals surface area contributed by atoms with Crippen molar-refractivity contribution in [3.05, 3.63) is 84.9 Å². The van der Waals surface area contributed by atoms with E-state index in [-0.39, 0.29) is 0 Å². The maximum absolute atomic E-state index is 5.69. The van der Waals surface area contributed by atoms with Gasteiger partial charge in [0.25, 0.3) is 0 Å². The predicted octanol–water partition coefficient (Wildman–Crippen LogP) is 6.02. The first kappa shape index (κ1) is 14.8. The Kier molecular flexibility index (Phi) is 3.32. The number of hydrogen-bond donors (Lipinski definition) is 0. The van der Waals surface area contributed by atoms with Gasteiger partial charge in [0.05, 0.1) is 12.0 Å². The molecule has 0 spiro atoms. The van der Waals surface area contributed by atoms with E-state index in [1.807, 2.05) is 37.4 Å². The van der Waals surface area contributed by atoms with Crippen LogP contribution in [0.5, 0.6) is 0 Å². The van der Waals surface area contributed by atoms with Gasteiger partial charge in [0, 0.05) is 28.2 Å². The monoisotopic (exact) mass is 336 g/mol. The van der Waals surface area contributed by atoms with E-state index in [0.717, 1.165) is 44.4 Å². The fourth-order valence-corrected chi connectivity index (χ4v) is 3.41. The van der Waals surface area contributed by atoms with Crippen LogP contribution in [0.2, 0.25) is 0 Å². The van der Waals surface area contributed by atoms with Gasteiger partial charge in [0.15, 0.2) is 5.58 Å². The summed E-state index contributed by atoms with van der Waals surface area (Å²) in [6, 6.07) is 22.8. The molecule has 5 rings (SSSR count). The van der Waals surface area contributed by atoms with Crippen LogP contribution in [-0.4, -0.2) is 9.97 Å². The number of rotatable bonds is 2. The van der Waals surface area contributed by atoms with Gasteiger partial charge in [0.2, 0.25) is 0 Å². The van der Waals surface area contributed by atoms with Gasteiger partial charge in [-0.1, -0.05) is 36.4 Å². The SMILES string of the molecule is Cc1ccc2c(-c3cc(-c4ccccc4)ccn3)cc3ccoc3c2n1. The van der Waals surface area contributed by atoms with E-state index >= 15 is 0 Å². The standard InChI is InChI=1S/C23H16N2O/c1-15-7-8-19-20(13-18-10-12-26-23(18)22(19)25-15)21-14-17(9-11-24-21)16-5-3-2-4-6-16/h2-14H,1H3. The molecule has 3 heterocycles. The summed E-state index contributed by atoms with van der Waals surface area (Å²) >= 11 is 0. The lowest BCUT2D eigenvalue weighted by atomic mass is 9.99. The molecule has 26 heavy (non-hydrogen) atoms. The third-order valence-electron chi connectivity index (χ3n) is 4.68. The topological polar surface area (TPSA) is 38.9 Å². The van der Waals surface area contributed by atoms with Crippen LogP contribution >= 0.6 is 0 Å². The Morgan fingerprint density at radius 2 is 1.73 bits per heavy atom. The predicted molar refractivity (Wildman–Crippen MR) is 105 cm³/mol. The average Bonchev–Trinajstić information content (AvgIpc) is 3.17. The number of fused-ring (bicyclic) bond motifs is 3. The van der Waals surface area contributed by atoms with Gasteiger partial charge in [-0.25, -0.2) is 4.98 Å². The molecule has 0 unspecified atom stereocenters. The fraction of sp³-hybridized carbons (Fsp3) is 0.0435. The Morgan fingerprint density at radius 3 is 2.62 bits per heavy atom. The molecule has 0 aliphatic rings. The molecule has 2 aromatic carbocycles. The first-order chi connectivity index (χ1) is 12.8. The Hall–Kier alpha value is -3.46. The van der Waals surface area contributed by atoms with Crippen LogP contribution in [0.25, 0.3) is 44.3 Å². The molecule has 124 valence electrons. The highest BCUT2D eigenvalue weighted by molar-refractivity contribution is 6.09. The molecule has 3 nitrogen and oxygen atoms in total. The van der Waals surface area contributed by atoms with Crippen molar-refractivity contribution in [2.24, 2.45) is 0 Å². The average molecular weight is 336 g/mol. The Balaban J connectivity index is 1.79. The molecule has 0 bridgehead atoms. The van der Waals surface area contributed by atoms with Crippen LogP contribution in [0.15, 0.2) is 83.6 Å². The molecular weight excluding hydrogens is 320 g/mol. The highest BCUT2D eigenvalue weighted by atomic mass is 16.3. The highest BCUT2D eigenvalue weighted by Crippen LogP contribution is 2.35. The minimum absolute atomic E-state index is 0.826. The molecule has 0 atom stereocenters. The molecule has 5 aromatic rings. The lowest BCUT2D eigenvalue weighted by Crippen LogP contribution is -1.90. The third-order valence-corrected chi connectivity index (χ3v) is 4.68. The van der Waals surface area contributed by atoms with E-state index in [1.54, 1.807) is 6.26 Å². The summed E-state index contributed by atoms with van der Waals surface area (Å²) in [5, 5.41) is 2.09. The lowest BCUT2D eigenvalue weighted by molar-refractivity contribution is 0.618. The van der Waals surface area contributed by atoms with E-state index in [9.17, 15) is 0 Å². The first-order valence-electron chi connectivity index (χ1n) is 8.59. The molecule has 0 saturated carbocycles. The number of furan rings is 1. The molecule has 0 saturated heterocycles. The van der Waals surface area contributed by atoms with Gasteiger partial charge in [-0.2, -0.15) is 0 Å². The van der Waals surface area contributed by atoms with Crippen molar-refractivity contribution >= 4 is 21.9 Å². The number of hydrogen-bond acceptors (Lipinski definition) is 3. The first-order valence-corrected chi connectivity index (χ1v) is 8.59. The minimum atomic E-state index is 0.826. The summed E-state index contributed by atoms with van der Waals surface area (Å²) in [7, 11) is 0. The third kappa shape index (κ3) is 2.37. The highest BCUT2D eigenvalue weighted by Gasteiger charge is 2.13. The van der Waals surface area contributed by atoms with Gasteiger partial charge < -0.3 is 4.42 Å². The van der Waals surface area contributed by atoms with Crippen molar-refractivity contribution in [3.63, 3.8) is 0 Å². The van der Waals surface area contributed by atoms with Gasteiger partial charge in [-0.3, -0.25) is 4.98 Å². The summed E-state index contributed by atoms with van der Waals surface area (Å²) in [6.45, 7) is 2.00. The molecule has 0 N–H and O–H groups in total. The van der Waals surface area contributed by atoms with Gasteiger partial charge in [-0.15, -0.1) is 0 Å². The van der Waals surface area contributed by atoms with Crippen LogP contribution in [0, 0.1) is 6.92 Å². The molecular formula is C23H16N2O. The molecule has 0 amide bonds. The Bertz CT molecular complexity index is 1240. The maximum atomic E-state index is 5.69. The molecule has 0 radical (unpaired) electrons. The second kappa shape index (κ2) is 5.81. The van der Waals surface area contributed by atoms with E-state index in [1.165, 1.54) is 5.56 Å². The van der Waals surface area contributed by atoms with Gasteiger partial charge >= 0.3 is 0 Å². The van der Waals surface area contributed by atoms with Crippen molar-refractivity contribution in [2.75, 3.05) is 0 Å². The van der Waals surface area contributed by atoms with E-state index in [0.29, 0.717) is 0 Å². The fourth-order valence-electron chi connectivity index (χ4n) is 3.41. The summed E-state index contributed by atoms with van der Waals surface area (Å²) in [5.74, 6) is 0. The zero-order valence-corrected chi connectivity index (χ0v) is 14.3. The Labute approximate surface area is 151 Å². The van der Waals surface area contributed by atoms with Gasteiger partial charge in [0.1, 0.15) is 5.52 Å². The zero-order chi connectivity index (χ0) is 17.5. The van der Waals surface area contributed by atoms with E-state index in [2.05, 4.69) is 47.4 Å². The molecule has 3 heteroatoms. The smallest absolute Gasteiger partial charge is 0.160 e. The number of pyridine rings is 2. The molecule has 0 aliphatic carbocycles. The van der Waals surface area contributed by atoms with Crippen molar-refractivity contribution in [2.45, 2.75) is 6.92 Å². The van der Waals surface area contributed by atoms with Crippen molar-refractivity contribution in [3.8, 4) is 22.4 Å². The second-order valence-electron chi connectivity index (χ2n) is 6.41. The van der Waals surface area contributed by atoms with E-state index in [4.69, 9.17) is 9.40 Å². The lowest BCUT2D eigenvalue weighted by Gasteiger charge is -2.09. The van der Waals surface area contributed by atoms with Crippen LogP contribution < -0.4 is 0 Å². The van der Waals surface area contributed by atoms with Crippen molar-refractivity contribution in [1.29, 1.82) is 0 Å². The number of aromatic nitrogens is 2. The van der Waals surface area contributed by atoms with E-state index < -0.39 is 0 Å².